The van der Waals surface area contributed by atoms with Crippen molar-refractivity contribution >= 4 is 32.5 Å². The fraction of sp³-hybridized carbons (Fsp3) is 0.273. The minimum atomic E-state index is -4.01. The average molecular weight is 444 g/mol. The zero-order valence-electron chi connectivity index (χ0n) is 17.0. The standard InChI is InChI=1S/C22H22FN3O4S/c1-2-26(16-7-5-15(23)6-8-16)31(29,30)17-9-10-20-18(13-17)21(27)19(14-24-20)22(28)25-11-3-4-12-25/h5-10,13-14H,2-4,11-12H2,1H3,(H,24,27). The lowest BCUT2D eigenvalue weighted by atomic mass is 10.1. The molecule has 9 heteroatoms. The van der Waals surface area contributed by atoms with Gasteiger partial charge in [0.25, 0.3) is 15.9 Å². The van der Waals surface area contributed by atoms with Crippen LogP contribution in [-0.4, -0.2) is 43.8 Å². The van der Waals surface area contributed by atoms with Gasteiger partial charge in [0, 0.05) is 36.7 Å². The average Bonchev–Trinajstić information content (AvgIpc) is 3.30. The summed E-state index contributed by atoms with van der Waals surface area (Å²) < 4.78 is 41.0. The third kappa shape index (κ3) is 3.81. The fourth-order valence-electron chi connectivity index (χ4n) is 3.83. The van der Waals surface area contributed by atoms with Gasteiger partial charge in [0.15, 0.2) is 0 Å². The largest absolute Gasteiger partial charge is 0.360 e. The van der Waals surface area contributed by atoms with Crippen LogP contribution in [0.3, 0.4) is 0 Å². The Bertz CT molecular complexity index is 1300. The van der Waals surface area contributed by atoms with Crippen molar-refractivity contribution < 1.29 is 17.6 Å². The molecule has 0 radical (unpaired) electrons. The van der Waals surface area contributed by atoms with Gasteiger partial charge < -0.3 is 9.88 Å². The second-order valence-corrected chi connectivity index (χ2v) is 9.25. The number of pyridine rings is 1. The molecule has 0 aliphatic carbocycles. The van der Waals surface area contributed by atoms with Gasteiger partial charge in [-0.05, 0) is 62.2 Å². The maximum Gasteiger partial charge on any atom is 0.264 e. The normalized spacial score (nSPS) is 14.2. The molecular weight excluding hydrogens is 421 g/mol. The smallest absolute Gasteiger partial charge is 0.264 e. The molecule has 1 N–H and O–H groups in total. The second kappa shape index (κ2) is 8.14. The summed E-state index contributed by atoms with van der Waals surface area (Å²) in [6, 6.07) is 9.35. The molecule has 1 amide bonds. The van der Waals surface area contributed by atoms with Crippen molar-refractivity contribution in [2.24, 2.45) is 0 Å². The second-order valence-electron chi connectivity index (χ2n) is 7.38. The Balaban J connectivity index is 1.78. The number of likely N-dealkylation sites (tertiary alicyclic amines) is 1. The van der Waals surface area contributed by atoms with Gasteiger partial charge in [-0.25, -0.2) is 12.8 Å². The first-order valence-corrected chi connectivity index (χ1v) is 11.5. The zero-order valence-corrected chi connectivity index (χ0v) is 17.8. The number of fused-ring (bicyclic) bond motifs is 1. The van der Waals surface area contributed by atoms with Crippen LogP contribution < -0.4 is 9.73 Å². The van der Waals surface area contributed by atoms with Crippen LogP contribution in [0, 0.1) is 5.82 Å². The molecule has 1 aromatic heterocycles. The van der Waals surface area contributed by atoms with Crippen LogP contribution in [-0.2, 0) is 10.0 Å². The van der Waals surface area contributed by atoms with Crippen LogP contribution in [0.1, 0.15) is 30.1 Å². The first-order valence-electron chi connectivity index (χ1n) is 10.1. The van der Waals surface area contributed by atoms with Gasteiger partial charge in [0.1, 0.15) is 11.4 Å². The summed E-state index contributed by atoms with van der Waals surface area (Å²) in [6.07, 6.45) is 3.18. The summed E-state index contributed by atoms with van der Waals surface area (Å²) in [7, 11) is -4.01. The molecule has 1 aliphatic rings. The van der Waals surface area contributed by atoms with Gasteiger partial charge >= 0.3 is 0 Å². The molecule has 0 spiro atoms. The van der Waals surface area contributed by atoms with E-state index in [-0.39, 0.29) is 28.3 Å². The molecule has 0 bridgehead atoms. The first-order chi connectivity index (χ1) is 14.8. The molecule has 7 nitrogen and oxygen atoms in total. The number of aromatic nitrogens is 1. The molecule has 162 valence electrons. The van der Waals surface area contributed by atoms with Crippen LogP contribution in [0.15, 0.2) is 58.4 Å². The lowest BCUT2D eigenvalue weighted by molar-refractivity contribution is 0.0791. The van der Waals surface area contributed by atoms with Crippen molar-refractivity contribution in [1.82, 2.24) is 9.88 Å². The number of sulfonamides is 1. The molecular formula is C22H22FN3O4S. The van der Waals surface area contributed by atoms with E-state index in [4.69, 9.17) is 0 Å². The molecule has 1 fully saturated rings. The number of benzene rings is 2. The third-order valence-electron chi connectivity index (χ3n) is 5.47. The van der Waals surface area contributed by atoms with Crippen molar-refractivity contribution in [2.45, 2.75) is 24.7 Å². The Hall–Kier alpha value is -3.20. The maximum atomic E-state index is 13.3. The van der Waals surface area contributed by atoms with Crippen LogP contribution in [0.5, 0.6) is 0 Å². The van der Waals surface area contributed by atoms with E-state index in [2.05, 4.69) is 4.98 Å². The van der Waals surface area contributed by atoms with E-state index >= 15 is 0 Å². The number of rotatable bonds is 5. The van der Waals surface area contributed by atoms with Crippen molar-refractivity contribution in [3.05, 3.63) is 70.3 Å². The van der Waals surface area contributed by atoms with Gasteiger partial charge in [-0.1, -0.05) is 0 Å². The number of nitrogens with one attached hydrogen (secondary N) is 1. The number of aromatic amines is 1. The highest BCUT2D eigenvalue weighted by atomic mass is 32.2. The number of H-pyrrole nitrogens is 1. The Kier molecular flexibility index (Phi) is 5.53. The molecule has 3 aromatic rings. The Labute approximate surface area is 179 Å². The van der Waals surface area contributed by atoms with Gasteiger partial charge in [-0.2, -0.15) is 0 Å². The van der Waals surface area contributed by atoms with Gasteiger partial charge in [0.05, 0.1) is 10.6 Å². The highest BCUT2D eigenvalue weighted by Crippen LogP contribution is 2.25. The van der Waals surface area contributed by atoms with Crippen molar-refractivity contribution in [1.29, 1.82) is 0 Å². The quantitative estimate of drug-likeness (QED) is 0.656. The zero-order chi connectivity index (χ0) is 22.2. The monoisotopic (exact) mass is 443 g/mol. The Morgan fingerprint density at radius 2 is 1.81 bits per heavy atom. The summed E-state index contributed by atoms with van der Waals surface area (Å²) >= 11 is 0. The predicted molar refractivity (Wildman–Crippen MR) is 116 cm³/mol. The SMILES string of the molecule is CCN(c1ccc(F)cc1)S(=O)(=O)c1ccc2[nH]cc(C(=O)N3CCCC3)c(=O)c2c1. The Morgan fingerprint density at radius 3 is 2.45 bits per heavy atom. The number of carbonyl (C=O) groups is 1. The first kappa shape index (κ1) is 21.0. The van der Waals surface area contributed by atoms with E-state index in [1.807, 2.05) is 0 Å². The van der Waals surface area contributed by atoms with Crippen LogP contribution >= 0.6 is 0 Å². The van der Waals surface area contributed by atoms with E-state index in [0.717, 1.165) is 17.1 Å². The van der Waals surface area contributed by atoms with E-state index in [1.54, 1.807) is 11.8 Å². The number of halogens is 1. The minimum Gasteiger partial charge on any atom is -0.360 e. The van der Waals surface area contributed by atoms with E-state index < -0.39 is 21.3 Å². The molecule has 1 aliphatic heterocycles. The number of hydrogen-bond acceptors (Lipinski definition) is 4. The summed E-state index contributed by atoms with van der Waals surface area (Å²) in [5.41, 5.74) is 0.241. The molecule has 1 saturated heterocycles. The number of hydrogen-bond donors (Lipinski definition) is 1. The highest BCUT2D eigenvalue weighted by molar-refractivity contribution is 7.92. The molecule has 0 atom stereocenters. The topological polar surface area (TPSA) is 90.6 Å². The molecule has 4 rings (SSSR count). The van der Waals surface area contributed by atoms with E-state index in [1.165, 1.54) is 48.7 Å². The number of amides is 1. The summed E-state index contributed by atoms with van der Waals surface area (Å²) in [4.78, 5) is 30.2. The van der Waals surface area contributed by atoms with Crippen LogP contribution in [0.2, 0.25) is 0 Å². The summed E-state index contributed by atoms with van der Waals surface area (Å²) in [6.45, 7) is 3.00. The number of carbonyl (C=O) groups excluding carboxylic acids is 1. The lowest BCUT2D eigenvalue weighted by Crippen LogP contribution is -2.32. The lowest BCUT2D eigenvalue weighted by Gasteiger charge is -2.23. The van der Waals surface area contributed by atoms with Gasteiger partial charge in [-0.15, -0.1) is 0 Å². The third-order valence-corrected chi connectivity index (χ3v) is 7.36. The summed E-state index contributed by atoms with van der Waals surface area (Å²) in [5, 5.41) is 0.126. The predicted octanol–water partition coefficient (Wildman–Crippen LogP) is 3.12. The van der Waals surface area contributed by atoms with Crippen LogP contribution in [0.4, 0.5) is 10.1 Å². The van der Waals surface area contributed by atoms with E-state index in [0.29, 0.717) is 24.3 Å². The van der Waals surface area contributed by atoms with Crippen LogP contribution in [0.25, 0.3) is 10.9 Å². The maximum absolute atomic E-state index is 13.3. The molecule has 0 unspecified atom stereocenters. The van der Waals surface area contributed by atoms with Crippen molar-refractivity contribution in [2.75, 3.05) is 23.9 Å². The number of anilines is 1. The van der Waals surface area contributed by atoms with Crippen molar-refractivity contribution in [3.8, 4) is 0 Å². The fourth-order valence-corrected chi connectivity index (χ4v) is 5.33. The molecule has 2 heterocycles. The molecule has 2 aromatic carbocycles. The molecule has 31 heavy (non-hydrogen) atoms. The number of nitrogens with zero attached hydrogens (tertiary/aromatic N) is 2. The minimum absolute atomic E-state index is 0.00479. The Morgan fingerprint density at radius 1 is 1.13 bits per heavy atom. The van der Waals surface area contributed by atoms with E-state index in [9.17, 15) is 22.4 Å². The highest BCUT2D eigenvalue weighted by Gasteiger charge is 2.26. The van der Waals surface area contributed by atoms with Gasteiger partial charge in [0.2, 0.25) is 5.43 Å². The van der Waals surface area contributed by atoms with Gasteiger partial charge in [-0.3, -0.25) is 13.9 Å². The van der Waals surface area contributed by atoms with Crippen molar-refractivity contribution in [3.63, 3.8) is 0 Å². The molecule has 0 saturated carbocycles. The summed E-state index contributed by atoms with van der Waals surface area (Å²) in [5.74, 6) is -0.819.